The third-order valence-electron chi connectivity index (χ3n) is 6.51. The first-order chi connectivity index (χ1) is 14.5. The van der Waals surface area contributed by atoms with Gasteiger partial charge in [-0.2, -0.15) is 8.78 Å². The van der Waals surface area contributed by atoms with E-state index in [1.165, 1.54) is 44.1 Å². The van der Waals surface area contributed by atoms with Crippen LogP contribution in [0.1, 0.15) is 102 Å². The SMILES string of the molecule is CC=CCC[C@H]1CC[C@H](CC(F)(F)OCc2ccc(CCCCCCC)cc2)CC1. The van der Waals surface area contributed by atoms with Crippen LogP contribution in [0.3, 0.4) is 0 Å². The van der Waals surface area contributed by atoms with E-state index >= 15 is 0 Å². The van der Waals surface area contributed by atoms with E-state index in [0.29, 0.717) is 5.92 Å². The van der Waals surface area contributed by atoms with Crippen LogP contribution in [0.15, 0.2) is 36.4 Å². The summed E-state index contributed by atoms with van der Waals surface area (Å²) in [6.45, 7) is 4.26. The van der Waals surface area contributed by atoms with Crippen molar-refractivity contribution in [1.29, 1.82) is 0 Å². The van der Waals surface area contributed by atoms with Crippen molar-refractivity contribution >= 4 is 0 Å². The standard InChI is InChI=1S/C27H42F2O/c1-3-5-7-8-10-12-24-15-19-26(20-16-24)22-30-27(28,29)21-25-17-13-23(14-18-25)11-9-6-4-2/h4,6,15-16,19-20,23,25H,3,5,7-14,17-18,21-22H2,1-2H3/t23-,25-. The van der Waals surface area contributed by atoms with Crippen LogP contribution in [0, 0.1) is 11.8 Å². The number of halogens is 2. The fourth-order valence-electron chi connectivity index (χ4n) is 4.54. The van der Waals surface area contributed by atoms with E-state index in [1.807, 2.05) is 19.1 Å². The molecule has 0 bridgehead atoms. The average molecular weight is 421 g/mol. The quantitative estimate of drug-likeness (QED) is 0.216. The van der Waals surface area contributed by atoms with E-state index < -0.39 is 6.11 Å². The topological polar surface area (TPSA) is 9.23 Å². The van der Waals surface area contributed by atoms with E-state index in [9.17, 15) is 8.78 Å². The first-order valence-corrected chi connectivity index (χ1v) is 12.2. The predicted octanol–water partition coefficient (Wildman–Crippen LogP) is 8.86. The summed E-state index contributed by atoms with van der Waals surface area (Å²) in [7, 11) is 0. The van der Waals surface area contributed by atoms with Gasteiger partial charge in [-0.15, -0.1) is 0 Å². The Morgan fingerprint density at radius 2 is 1.57 bits per heavy atom. The number of unbranched alkanes of at least 4 members (excludes halogenated alkanes) is 4. The highest BCUT2D eigenvalue weighted by Gasteiger charge is 2.35. The zero-order valence-corrected chi connectivity index (χ0v) is 19.2. The number of allylic oxidation sites excluding steroid dienone is 2. The zero-order valence-electron chi connectivity index (χ0n) is 19.2. The second kappa shape index (κ2) is 14.0. The van der Waals surface area contributed by atoms with Crippen molar-refractivity contribution in [2.75, 3.05) is 0 Å². The van der Waals surface area contributed by atoms with Crippen LogP contribution in [-0.4, -0.2) is 6.11 Å². The molecule has 0 atom stereocenters. The Hall–Kier alpha value is -1.22. The molecule has 1 aromatic carbocycles. The first kappa shape index (κ1) is 25.0. The minimum atomic E-state index is -3.03. The maximum atomic E-state index is 14.4. The van der Waals surface area contributed by atoms with Gasteiger partial charge in [0.25, 0.3) is 0 Å². The van der Waals surface area contributed by atoms with Gasteiger partial charge in [-0.05, 0) is 68.4 Å². The Bertz CT molecular complexity index is 585. The van der Waals surface area contributed by atoms with Gasteiger partial charge in [0.05, 0.1) is 6.61 Å². The fraction of sp³-hybridized carbons (Fsp3) is 0.704. The molecule has 0 N–H and O–H groups in total. The highest BCUT2D eigenvalue weighted by atomic mass is 19.3. The van der Waals surface area contributed by atoms with Crippen LogP contribution in [0.25, 0.3) is 0 Å². The largest absolute Gasteiger partial charge is 0.356 e. The number of hydrogen-bond donors (Lipinski definition) is 0. The molecule has 1 fully saturated rings. The molecule has 0 aliphatic heterocycles. The Balaban J connectivity index is 1.65. The second-order valence-electron chi connectivity index (χ2n) is 9.14. The number of rotatable bonds is 14. The predicted molar refractivity (Wildman–Crippen MR) is 123 cm³/mol. The lowest BCUT2D eigenvalue weighted by Gasteiger charge is -2.30. The maximum absolute atomic E-state index is 14.4. The van der Waals surface area contributed by atoms with Crippen LogP contribution in [-0.2, 0) is 17.8 Å². The van der Waals surface area contributed by atoms with Crippen molar-refractivity contribution in [2.24, 2.45) is 11.8 Å². The van der Waals surface area contributed by atoms with Crippen molar-refractivity contribution < 1.29 is 13.5 Å². The number of hydrogen-bond acceptors (Lipinski definition) is 1. The average Bonchev–Trinajstić information content (AvgIpc) is 2.74. The second-order valence-corrected chi connectivity index (χ2v) is 9.14. The summed E-state index contributed by atoms with van der Waals surface area (Å²) in [6, 6.07) is 8.00. The molecule has 0 unspecified atom stereocenters. The fourth-order valence-corrected chi connectivity index (χ4v) is 4.54. The molecule has 0 spiro atoms. The molecule has 3 heteroatoms. The molecule has 2 rings (SSSR count). The lowest BCUT2D eigenvalue weighted by molar-refractivity contribution is -0.256. The van der Waals surface area contributed by atoms with Gasteiger partial charge in [0, 0.05) is 6.42 Å². The van der Waals surface area contributed by atoms with E-state index in [-0.39, 0.29) is 18.9 Å². The van der Waals surface area contributed by atoms with Gasteiger partial charge >= 0.3 is 6.11 Å². The van der Waals surface area contributed by atoms with E-state index in [1.54, 1.807) is 0 Å². The summed E-state index contributed by atoms with van der Waals surface area (Å²) in [5.74, 6) is 0.796. The van der Waals surface area contributed by atoms with Gasteiger partial charge in [-0.3, -0.25) is 0 Å². The van der Waals surface area contributed by atoms with Crippen LogP contribution in [0.5, 0.6) is 0 Å². The lowest BCUT2D eigenvalue weighted by Crippen LogP contribution is -2.27. The maximum Gasteiger partial charge on any atom is 0.356 e. The van der Waals surface area contributed by atoms with Crippen molar-refractivity contribution in [3.63, 3.8) is 0 Å². The lowest BCUT2D eigenvalue weighted by atomic mass is 9.78. The van der Waals surface area contributed by atoms with Crippen molar-refractivity contribution in [2.45, 2.75) is 110 Å². The molecular weight excluding hydrogens is 378 g/mol. The Labute approximate surface area is 183 Å². The summed E-state index contributed by atoms with van der Waals surface area (Å²) in [6.07, 6.45) is 14.8. The Kier molecular flexibility index (Phi) is 11.7. The van der Waals surface area contributed by atoms with E-state index in [2.05, 4.69) is 31.2 Å². The molecule has 1 saturated carbocycles. The smallest absolute Gasteiger partial charge is 0.316 e. The summed E-state index contributed by atoms with van der Waals surface area (Å²) in [5, 5.41) is 0. The summed E-state index contributed by atoms with van der Waals surface area (Å²) in [4.78, 5) is 0. The normalized spacial score (nSPS) is 20.1. The summed E-state index contributed by atoms with van der Waals surface area (Å²) >= 11 is 0. The third-order valence-corrected chi connectivity index (χ3v) is 6.51. The number of ether oxygens (including phenoxy) is 1. The van der Waals surface area contributed by atoms with E-state index in [0.717, 1.165) is 44.1 Å². The molecule has 0 radical (unpaired) electrons. The highest BCUT2D eigenvalue weighted by Crippen LogP contribution is 2.38. The Morgan fingerprint density at radius 1 is 0.933 bits per heavy atom. The molecule has 0 aromatic heterocycles. The highest BCUT2D eigenvalue weighted by molar-refractivity contribution is 5.22. The monoisotopic (exact) mass is 420 g/mol. The van der Waals surface area contributed by atoms with Crippen LogP contribution < -0.4 is 0 Å². The van der Waals surface area contributed by atoms with Crippen LogP contribution in [0.2, 0.25) is 0 Å². The number of alkyl halides is 2. The van der Waals surface area contributed by atoms with Gasteiger partial charge in [0.1, 0.15) is 0 Å². The molecular formula is C27H42F2O. The molecule has 0 saturated heterocycles. The van der Waals surface area contributed by atoms with Crippen molar-refractivity contribution in [1.82, 2.24) is 0 Å². The van der Waals surface area contributed by atoms with Crippen LogP contribution in [0.4, 0.5) is 8.78 Å². The van der Waals surface area contributed by atoms with E-state index in [4.69, 9.17) is 4.74 Å². The summed E-state index contributed by atoms with van der Waals surface area (Å²) in [5.41, 5.74) is 2.12. The molecule has 170 valence electrons. The minimum Gasteiger partial charge on any atom is -0.316 e. The molecule has 30 heavy (non-hydrogen) atoms. The minimum absolute atomic E-state index is 0.0114. The number of aryl methyl sites for hydroxylation is 1. The van der Waals surface area contributed by atoms with Gasteiger partial charge < -0.3 is 4.74 Å². The Morgan fingerprint density at radius 3 is 2.23 bits per heavy atom. The van der Waals surface area contributed by atoms with Gasteiger partial charge in [0.15, 0.2) is 0 Å². The van der Waals surface area contributed by atoms with Crippen molar-refractivity contribution in [3.05, 3.63) is 47.5 Å². The molecule has 0 heterocycles. The summed E-state index contributed by atoms with van der Waals surface area (Å²) < 4.78 is 33.8. The number of benzene rings is 1. The van der Waals surface area contributed by atoms with Crippen LogP contribution >= 0.6 is 0 Å². The zero-order chi connectivity index (χ0) is 21.7. The first-order valence-electron chi connectivity index (χ1n) is 12.2. The van der Waals surface area contributed by atoms with Gasteiger partial charge in [-0.25, -0.2) is 0 Å². The molecule has 0 amide bonds. The molecule has 1 nitrogen and oxygen atoms in total. The molecule has 1 aromatic rings. The molecule has 1 aliphatic carbocycles. The third kappa shape index (κ3) is 10.2. The van der Waals surface area contributed by atoms with Gasteiger partial charge in [-0.1, -0.05) is 81.9 Å². The molecule has 1 aliphatic rings. The van der Waals surface area contributed by atoms with Crippen molar-refractivity contribution in [3.8, 4) is 0 Å². The van der Waals surface area contributed by atoms with Gasteiger partial charge in [0.2, 0.25) is 0 Å².